The first-order valence-electron chi connectivity index (χ1n) is 13.2. The normalized spacial score (nSPS) is 21.1. The fraction of sp³-hybridized carbons (Fsp3) is 0.500. The molecule has 0 N–H and O–H groups in total. The van der Waals surface area contributed by atoms with Crippen LogP contribution in [0.3, 0.4) is 0 Å². The van der Waals surface area contributed by atoms with E-state index in [1.54, 1.807) is 41.2 Å². The van der Waals surface area contributed by atoms with E-state index < -0.39 is 35.4 Å². The zero-order chi connectivity index (χ0) is 29.2. The van der Waals surface area contributed by atoms with E-state index in [1.165, 1.54) is 6.92 Å². The standard InChI is InChI=1S/C28H32F3N3O5S/c1-5-38-25(36)18-8-7-11-33(14-18)21(35)13-19-15-40-27-32-24(28(29,30)31)22(26(37)39-6-2)23(34(19)27)20-12-16(3)9-10-17(20)4/h9-10,12,15,18,23H,5-8,11,13-14H2,1-4H3/t18-,23-/m1/s1. The maximum atomic E-state index is 14.3. The molecule has 1 saturated heterocycles. The Morgan fingerprint density at radius 3 is 2.52 bits per heavy atom. The Morgan fingerprint density at radius 1 is 1.12 bits per heavy atom. The molecule has 4 rings (SSSR count). The van der Waals surface area contributed by atoms with Crippen molar-refractivity contribution >= 4 is 34.8 Å². The van der Waals surface area contributed by atoms with Gasteiger partial charge >= 0.3 is 18.1 Å². The lowest BCUT2D eigenvalue weighted by molar-refractivity contribution is -0.151. The van der Waals surface area contributed by atoms with E-state index in [1.807, 2.05) is 13.0 Å². The molecule has 8 nitrogen and oxygen atoms in total. The van der Waals surface area contributed by atoms with Gasteiger partial charge in [-0.1, -0.05) is 35.5 Å². The molecule has 0 radical (unpaired) electrons. The number of benzene rings is 1. The minimum Gasteiger partial charge on any atom is -0.466 e. The third-order valence-electron chi connectivity index (χ3n) is 7.03. The Labute approximate surface area is 235 Å². The zero-order valence-electron chi connectivity index (χ0n) is 22.8. The number of likely N-dealkylation sites (tertiary alicyclic amines) is 1. The highest BCUT2D eigenvalue weighted by Gasteiger charge is 2.49. The van der Waals surface area contributed by atoms with Crippen LogP contribution in [0, 0.1) is 19.8 Å². The molecule has 0 saturated carbocycles. The van der Waals surface area contributed by atoms with Gasteiger partial charge in [-0.25, -0.2) is 9.79 Å². The van der Waals surface area contributed by atoms with Crippen LogP contribution in [-0.4, -0.2) is 65.3 Å². The SMILES string of the molecule is CCOC(=O)C1=C(C(F)(F)F)N=C2SC=C(CC(=O)N3CCC[C@@H](C(=O)OCC)C3)N2[C@@H]1c1cc(C)ccc1C. The van der Waals surface area contributed by atoms with Gasteiger partial charge in [0.05, 0.1) is 37.2 Å². The maximum Gasteiger partial charge on any atom is 0.434 e. The Bertz CT molecular complexity index is 1290. The van der Waals surface area contributed by atoms with Crippen molar-refractivity contribution in [2.45, 2.75) is 59.2 Å². The van der Waals surface area contributed by atoms with E-state index in [0.717, 1.165) is 17.3 Å². The van der Waals surface area contributed by atoms with Crippen LogP contribution >= 0.6 is 11.8 Å². The van der Waals surface area contributed by atoms with Gasteiger partial charge in [0.1, 0.15) is 0 Å². The lowest BCUT2D eigenvalue weighted by Gasteiger charge is -2.38. The average molecular weight is 580 g/mol. The van der Waals surface area contributed by atoms with Crippen molar-refractivity contribution in [3.63, 3.8) is 0 Å². The predicted molar refractivity (Wildman–Crippen MR) is 144 cm³/mol. The van der Waals surface area contributed by atoms with E-state index in [9.17, 15) is 27.6 Å². The number of ether oxygens (including phenoxy) is 2. The summed E-state index contributed by atoms with van der Waals surface area (Å²) in [4.78, 5) is 45.9. The number of carbonyl (C=O) groups excluding carboxylic acids is 3. The first-order valence-corrected chi connectivity index (χ1v) is 14.1. The first-order chi connectivity index (χ1) is 19.0. The van der Waals surface area contributed by atoms with Crippen LogP contribution in [0.25, 0.3) is 0 Å². The molecule has 0 unspecified atom stereocenters. The van der Waals surface area contributed by atoms with E-state index in [4.69, 9.17) is 9.47 Å². The van der Waals surface area contributed by atoms with Crippen molar-refractivity contribution in [3.05, 3.63) is 57.3 Å². The van der Waals surface area contributed by atoms with Gasteiger partial charge in [-0.05, 0) is 57.1 Å². The molecular formula is C28H32F3N3O5S. The summed E-state index contributed by atoms with van der Waals surface area (Å²) in [5.74, 6) is -2.16. The second-order valence-electron chi connectivity index (χ2n) is 9.84. The Balaban J connectivity index is 1.72. The van der Waals surface area contributed by atoms with Gasteiger partial charge in [-0.2, -0.15) is 13.2 Å². The summed E-state index contributed by atoms with van der Waals surface area (Å²) in [5.41, 5.74) is 0.460. The van der Waals surface area contributed by atoms with Crippen LogP contribution in [0.15, 0.2) is 45.6 Å². The number of piperidine rings is 1. The number of hydrogen-bond donors (Lipinski definition) is 0. The molecule has 12 heteroatoms. The largest absolute Gasteiger partial charge is 0.466 e. The van der Waals surface area contributed by atoms with E-state index in [-0.39, 0.29) is 43.2 Å². The molecule has 0 aliphatic carbocycles. The quantitative estimate of drug-likeness (QED) is 0.412. The van der Waals surface area contributed by atoms with Gasteiger partial charge < -0.3 is 19.3 Å². The topological polar surface area (TPSA) is 88.5 Å². The second kappa shape index (κ2) is 12.1. The van der Waals surface area contributed by atoms with Gasteiger partial charge in [0, 0.05) is 18.8 Å². The predicted octanol–water partition coefficient (Wildman–Crippen LogP) is 5.18. The minimum absolute atomic E-state index is 0.0251. The van der Waals surface area contributed by atoms with Crippen LogP contribution in [0.1, 0.15) is 55.8 Å². The van der Waals surface area contributed by atoms with Crippen molar-refractivity contribution in [2.24, 2.45) is 10.9 Å². The highest BCUT2D eigenvalue weighted by Crippen LogP contribution is 2.49. The molecule has 1 aromatic carbocycles. The van der Waals surface area contributed by atoms with Crippen LogP contribution in [0.2, 0.25) is 0 Å². The van der Waals surface area contributed by atoms with Gasteiger partial charge in [0.2, 0.25) is 5.91 Å². The first kappa shape index (κ1) is 29.7. The zero-order valence-corrected chi connectivity index (χ0v) is 23.7. The molecule has 1 aromatic rings. The Morgan fingerprint density at radius 2 is 1.85 bits per heavy atom. The molecule has 3 aliphatic heterocycles. The molecule has 1 fully saturated rings. The third-order valence-corrected chi connectivity index (χ3v) is 7.92. The summed E-state index contributed by atoms with van der Waals surface area (Å²) in [6.07, 6.45) is -3.80. The van der Waals surface area contributed by atoms with Crippen molar-refractivity contribution in [2.75, 3.05) is 26.3 Å². The summed E-state index contributed by atoms with van der Waals surface area (Å²) >= 11 is 0.973. The molecule has 3 heterocycles. The van der Waals surface area contributed by atoms with Crippen LogP contribution < -0.4 is 0 Å². The number of amides is 1. The van der Waals surface area contributed by atoms with Gasteiger partial charge in [0.25, 0.3) is 0 Å². The number of nitrogens with zero attached hydrogens (tertiary/aromatic N) is 3. The van der Waals surface area contributed by atoms with Crippen LogP contribution in [-0.2, 0) is 23.9 Å². The lowest BCUT2D eigenvalue weighted by atomic mass is 9.89. The molecule has 0 spiro atoms. The number of aliphatic imine (C=N–C) groups is 1. The smallest absolute Gasteiger partial charge is 0.434 e. The number of fused-ring (bicyclic) bond motifs is 1. The molecule has 216 valence electrons. The summed E-state index contributed by atoms with van der Waals surface area (Å²) in [7, 11) is 0. The lowest BCUT2D eigenvalue weighted by Crippen LogP contribution is -2.44. The highest BCUT2D eigenvalue weighted by molar-refractivity contribution is 8.16. The number of carbonyl (C=O) groups is 3. The van der Waals surface area contributed by atoms with Gasteiger partial charge in [-0.3, -0.25) is 9.59 Å². The number of aryl methyl sites for hydroxylation is 2. The second-order valence-corrected chi connectivity index (χ2v) is 10.7. The van der Waals surface area contributed by atoms with Crippen molar-refractivity contribution in [1.82, 2.24) is 9.80 Å². The fourth-order valence-electron chi connectivity index (χ4n) is 5.16. The van der Waals surface area contributed by atoms with E-state index >= 15 is 0 Å². The third kappa shape index (κ3) is 6.06. The van der Waals surface area contributed by atoms with E-state index in [0.29, 0.717) is 36.2 Å². The van der Waals surface area contributed by atoms with Crippen LogP contribution in [0.5, 0.6) is 0 Å². The monoisotopic (exact) mass is 579 g/mol. The van der Waals surface area contributed by atoms with Gasteiger partial charge in [-0.15, -0.1) is 0 Å². The number of rotatable bonds is 7. The Hall–Kier alpha value is -3.28. The van der Waals surface area contributed by atoms with Crippen molar-refractivity contribution < 1.29 is 37.0 Å². The van der Waals surface area contributed by atoms with Gasteiger partial charge in [0.15, 0.2) is 10.9 Å². The summed E-state index contributed by atoms with van der Waals surface area (Å²) in [5, 5.41) is 1.63. The number of amidine groups is 1. The molecule has 3 aliphatic rings. The number of halogens is 3. The molecule has 40 heavy (non-hydrogen) atoms. The number of allylic oxidation sites excluding steroid dienone is 1. The Kier molecular flexibility index (Phi) is 8.96. The van der Waals surface area contributed by atoms with Crippen molar-refractivity contribution in [3.8, 4) is 0 Å². The number of alkyl halides is 3. The molecular weight excluding hydrogens is 547 g/mol. The van der Waals surface area contributed by atoms with E-state index in [2.05, 4.69) is 4.99 Å². The molecule has 0 aromatic heterocycles. The fourth-order valence-corrected chi connectivity index (χ4v) is 6.08. The maximum absolute atomic E-state index is 14.3. The number of thioether (sulfide) groups is 1. The summed E-state index contributed by atoms with van der Waals surface area (Å²) in [6.45, 7) is 7.63. The molecule has 0 bridgehead atoms. The van der Waals surface area contributed by atoms with Crippen LogP contribution in [0.4, 0.5) is 13.2 Å². The minimum atomic E-state index is -4.91. The van der Waals surface area contributed by atoms with Crippen molar-refractivity contribution in [1.29, 1.82) is 0 Å². The molecule has 2 atom stereocenters. The highest BCUT2D eigenvalue weighted by atomic mass is 32.2. The summed E-state index contributed by atoms with van der Waals surface area (Å²) in [6, 6.07) is 4.16. The molecule has 1 amide bonds. The number of esters is 2. The average Bonchev–Trinajstić information content (AvgIpc) is 3.31. The number of hydrogen-bond acceptors (Lipinski definition) is 8. The summed E-state index contributed by atoms with van der Waals surface area (Å²) < 4.78 is 53.2.